The Hall–Kier alpha value is -2.38. The van der Waals surface area contributed by atoms with Gasteiger partial charge in [-0.05, 0) is 6.92 Å². The summed E-state index contributed by atoms with van der Waals surface area (Å²) >= 11 is 0. The Kier molecular flexibility index (Phi) is 8.73. The van der Waals surface area contributed by atoms with Crippen LogP contribution in [0.15, 0.2) is 12.3 Å². The van der Waals surface area contributed by atoms with Crippen LogP contribution in [-0.4, -0.2) is 40.0 Å². The number of carboxylic acids is 2. The third-order valence-corrected chi connectivity index (χ3v) is 1.38. The summed E-state index contributed by atoms with van der Waals surface area (Å²) in [7, 11) is 0. The molecule has 2 amide bonds. The molecule has 0 saturated carbocycles. The van der Waals surface area contributed by atoms with Gasteiger partial charge in [0.15, 0.2) is 0 Å². The minimum atomic E-state index is -1.22. The van der Waals surface area contributed by atoms with Gasteiger partial charge in [-0.3, -0.25) is 14.4 Å². The lowest BCUT2D eigenvalue weighted by Crippen LogP contribution is -2.36. The van der Waals surface area contributed by atoms with Crippen LogP contribution in [0.3, 0.4) is 0 Å². The molecule has 104 valence electrons. The molecule has 0 heterocycles. The number of carbonyl (C=O) groups excluding carboxylic acids is 2. The fourth-order valence-corrected chi connectivity index (χ4v) is 0.633. The zero-order valence-corrected chi connectivity index (χ0v) is 10.3. The molecule has 0 spiro atoms. The van der Waals surface area contributed by atoms with Gasteiger partial charge in [0.05, 0.1) is 0 Å². The second kappa shape index (κ2) is 8.74. The first-order valence-corrected chi connectivity index (χ1v) is 4.77. The first-order valence-electron chi connectivity index (χ1n) is 4.77. The number of carbonyl (C=O) groups is 4. The molecule has 0 radical (unpaired) electrons. The van der Waals surface area contributed by atoms with Crippen molar-refractivity contribution in [2.45, 2.75) is 26.8 Å². The van der Waals surface area contributed by atoms with Crippen molar-refractivity contribution in [1.29, 1.82) is 0 Å². The molecule has 0 bridgehead atoms. The Morgan fingerprint density at radius 2 is 1.56 bits per heavy atom. The number of nitrogens with one attached hydrogen (secondary N) is 2. The first-order chi connectivity index (χ1) is 8.07. The second-order valence-corrected chi connectivity index (χ2v) is 3.23. The van der Waals surface area contributed by atoms with Gasteiger partial charge in [0.25, 0.3) is 0 Å². The summed E-state index contributed by atoms with van der Waals surface area (Å²) in [5, 5.41) is 20.5. The minimum Gasteiger partial charge on any atom is -0.480 e. The summed E-state index contributed by atoms with van der Waals surface area (Å²) < 4.78 is 0. The number of amides is 2. The van der Waals surface area contributed by atoms with E-state index < -0.39 is 23.9 Å². The third-order valence-electron chi connectivity index (χ3n) is 1.38. The smallest absolute Gasteiger partial charge is 0.351 e. The van der Waals surface area contributed by atoms with Gasteiger partial charge < -0.3 is 20.8 Å². The lowest BCUT2D eigenvalue weighted by Gasteiger charge is -2.04. The molecule has 0 saturated heterocycles. The van der Waals surface area contributed by atoms with Crippen LogP contribution in [0.25, 0.3) is 0 Å². The van der Waals surface area contributed by atoms with Crippen molar-refractivity contribution in [1.82, 2.24) is 10.6 Å². The number of aliphatic carboxylic acids is 2. The van der Waals surface area contributed by atoms with E-state index in [-0.39, 0.29) is 13.0 Å². The molecule has 0 rings (SSSR count). The van der Waals surface area contributed by atoms with Crippen molar-refractivity contribution >= 4 is 23.8 Å². The van der Waals surface area contributed by atoms with E-state index in [1.54, 1.807) is 0 Å². The molecule has 0 aromatic rings. The van der Waals surface area contributed by atoms with Crippen molar-refractivity contribution < 1.29 is 30.8 Å². The molecular formula is C10H18N2O6. The van der Waals surface area contributed by atoms with E-state index >= 15 is 0 Å². The number of carboxylic acid groups (broad SMARTS) is 2. The predicted molar refractivity (Wildman–Crippen MR) is 63.6 cm³/mol. The van der Waals surface area contributed by atoms with Crippen molar-refractivity contribution in [3.05, 3.63) is 12.3 Å². The van der Waals surface area contributed by atoms with E-state index in [1.807, 2.05) is 5.32 Å². The minimum absolute atomic E-state index is 0. The fraction of sp³-hybridized carbons (Fsp3) is 0.400. The summed E-state index contributed by atoms with van der Waals surface area (Å²) in [5.74, 6) is -3.00. The molecule has 0 aromatic carbocycles. The van der Waals surface area contributed by atoms with Crippen LogP contribution < -0.4 is 10.6 Å². The lowest BCUT2D eigenvalue weighted by molar-refractivity contribution is -0.141. The van der Waals surface area contributed by atoms with Crippen molar-refractivity contribution in [2.75, 3.05) is 0 Å². The maximum absolute atomic E-state index is 10.2. The van der Waals surface area contributed by atoms with Crippen LogP contribution in [0.1, 0.15) is 22.2 Å². The molecule has 0 aliphatic rings. The molecule has 1 unspecified atom stereocenters. The molecule has 18 heavy (non-hydrogen) atoms. The molecule has 0 aliphatic heterocycles. The highest BCUT2D eigenvalue weighted by molar-refractivity contribution is 5.91. The molecular weight excluding hydrogens is 244 g/mol. The Labute approximate surface area is 105 Å². The molecule has 0 fully saturated rings. The van der Waals surface area contributed by atoms with E-state index in [2.05, 4.69) is 11.9 Å². The zero-order chi connectivity index (χ0) is 14.9. The van der Waals surface area contributed by atoms with E-state index in [0.717, 1.165) is 0 Å². The van der Waals surface area contributed by atoms with Crippen LogP contribution in [0.2, 0.25) is 0 Å². The van der Waals surface area contributed by atoms with Crippen molar-refractivity contribution in [3.63, 3.8) is 0 Å². The van der Waals surface area contributed by atoms with Gasteiger partial charge in [-0.2, -0.15) is 0 Å². The molecule has 8 nitrogen and oxygen atoms in total. The Morgan fingerprint density at radius 1 is 1.11 bits per heavy atom. The largest absolute Gasteiger partial charge is 0.480 e. The quantitative estimate of drug-likeness (QED) is 0.508. The predicted octanol–water partition coefficient (Wildman–Crippen LogP) is -0.438. The second-order valence-electron chi connectivity index (χ2n) is 3.23. The standard InChI is InChI=1S/C5H9NO3.C5H7NO3.H2/c2*1-3(5(8)9)6-4(2)7;/h3H,1-2H3,(H,6,7)(H,8,9);1H2,2H3,(H,6,7)(H,8,9);1H. The van der Waals surface area contributed by atoms with Gasteiger partial charge in [-0.25, -0.2) is 4.79 Å². The summed E-state index contributed by atoms with van der Waals surface area (Å²) in [6, 6.07) is -0.789. The van der Waals surface area contributed by atoms with E-state index in [0.29, 0.717) is 0 Å². The van der Waals surface area contributed by atoms with Gasteiger partial charge in [0.1, 0.15) is 11.7 Å². The van der Waals surface area contributed by atoms with Gasteiger partial charge in [0.2, 0.25) is 11.8 Å². The maximum Gasteiger partial charge on any atom is 0.351 e. The Balaban J connectivity index is -0.000000256. The van der Waals surface area contributed by atoms with Gasteiger partial charge in [-0.15, -0.1) is 0 Å². The number of hydrogen-bond donors (Lipinski definition) is 4. The maximum atomic E-state index is 10.2. The molecule has 1 atom stereocenters. The Bertz CT molecular complexity index is 369. The van der Waals surface area contributed by atoms with Gasteiger partial charge in [-0.1, -0.05) is 6.58 Å². The average molecular weight is 262 g/mol. The monoisotopic (exact) mass is 262 g/mol. The average Bonchev–Trinajstić information content (AvgIpc) is 2.16. The summed E-state index contributed by atoms with van der Waals surface area (Å²) in [4.78, 5) is 40.2. The van der Waals surface area contributed by atoms with Gasteiger partial charge in [0, 0.05) is 15.3 Å². The van der Waals surface area contributed by atoms with Crippen LogP contribution >= 0.6 is 0 Å². The Morgan fingerprint density at radius 3 is 1.67 bits per heavy atom. The molecule has 0 aromatic heterocycles. The summed E-state index contributed by atoms with van der Waals surface area (Å²) in [5.41, 5.74) is -0.303. The van der Waals surface area contributed by atoms with Crippen molar-refractivity contribution in [3.8, 4) is 0 Å². The lowest BCUT2D eigenvalue weighted by atomic mass is 10.3. The van der Waals surface area contributed by atoms with E-state index in [9.17, 15) is 19.2 Å². The highest BCUT2D eigenvalue weighted by atomic mass is 16.4. The fourth-order valence-electron chi connectivity index (χ4n) is 0.633. The SMILES string of the molecule is C=C(NC(C)=O)C(=O)O.CC(=O)NC(C)C(=O)O.[HH]. The van der Waals surface area contributed by atoms with Crippen LogP contribution in [0, 0.1) is 0 Å². The number of rotatable bonds is 4. The van der Waals surface area contributed by atoms with Crippen LogP contribution in [0.4, 0.5) is 0 Å². The molecule has 8 heteroatoms. The highest BCUT2D eigenvalue weighted by Crippen LogP contribution is 1.80. The summed E-state index contributed by atoms with van der Waals surface area (Å²) in [6.07, 6.45) is 0. The first kappa shape index (κ1) is 18.0. The van der Waals surface area contributed by atoms with E-state index in [4.69, 9.17) is 10.2 Å². The van der Waals surface area contributed by atoms with Crippen LogP contribution in [0.5, 0.6) is 0 Å². The molecule has 4 N–H and O–H groups in total. The van der Waals surface area contributed by atoms with Crippen molar-refractivity contribution in [2.24, 2.45) is 0 Å². The third kappa shape index (κ3) is 11.7. The van der Waals surface area contributed by atoms with Gasteiger partial charge >= 0.3 is 11.9 Å². The highest BCUT2D eigenvalue weighted by Gasteiger charge is 2.09. The molecule has 0 aliphatic carbocycles. The zero-order valence-electron chi connectivity index (χ0n) is 10.3. The topological polar surface area (TPSA) is 133 Å². The summed E-state index contributed by atoms with van der Waals surface area (Å²) in [6.45, 7) is 6.96. The number of hydrogen-bond acceptors (Lipinski definition) is 4. The normalized spacial score (nSPS) is 10.2. The van der Waals surface area contributed by atoms with E-state index in [1.165, 1.54) is 20.8 Å². The van der Waals surface area contributed by atoms with Crippen LogP contribution in [-0.2, 0) is 19.2 Å².